The third-order valence-corrected chi connectivity index (χ3v) is 4.67. The highest BCUT2D eigenvalue weighted by atomic mass is 35.5. The predicted molar refractivity (Wildman–Crippen MR) is 80.3 cm³/mol. The molecular formula is C14H20Cl2N2O2. The van der Waals surface area contributed by atoms with Crippen LogP contribution >= 0.6 is 24.0 Å². The van der Waals surface area contributed by atoms with Gasteiger partial charge in [0.15, 0.2) is 11.0 Å². The summed E-state index contributed by atoms with van der Waals surface area (Å²) in [5.41, 5.74) is 6.08. The molecule has 2 aliphatic carbocycles. The molecule has 2 aliphatic rings. The van der Waals surface area contributed by atoms with E-state index < -0.39 is 0 Å². The van der Waals surface area contributed by atoms with E-state index >= 15 is 0 Å². The Kier molecular flexibility index (Phi) is 4.99. The van der Waals surface area contributed by atoms with Crippen LogP contribution in [0, 0.1) is 11.8 Å². The van der Waals surface area contributed by atoms with Crippen molar-refractivity contribution < 1.29 is 9.21 Å². The quantitative estimate of drug-likeness (QED) is 0.880. The van der Waals surface area contributed by atoms with Crippen LogP contribution in [0.2, 0.25) is 5.22 Å². The monoisotopic (exact) mass is 318 g/mol. The summed E-state index contributed by atoms with van der Waals surface area (Å²) >= 11 is 5.70. The molecule has 1 heterocycles. The lowest BCUT2D eigenvalue weighted by Gasteiger charge is -2.45. The lowest BCUT2D eigenvalue weighted by molar-refractivity contribution is 0.0732. The number of carbonyl (C=O) groups is 1. The molecule has 1 aromatic rings. The van der Waals surface area contributed by atoms with Gasteiger partial charge in [0.1, 0.15) is 0 Å². The number of halogens is 2. The Bertz CT molecular complexity index is 463. The molecule has 2 unspecified atom stereocenters. The number of furan rings is 1. The Balaban J connectivity index is 0.00000147. The van der Waals surface area contributed by atoms with Crippen LogP contribution < -0.4 is 11.1 Å². The average Bonchev–Trinajstić information content (AvgIpc) is 2.77. The summed E-state index contributed by atoms with van der Waals surface area (Å²) in [6, 6.07) is 3.74. The normalized spacial score (nSPS) is 32.3. The average molecular weight is 319 g/mol. The van der Waals surface area contributed by atoms with Crippen LogP contribution in [0.1, 0.15) is 42.7 Å². The van der Waals surface area contributed by atoms with E-state index in [4.69, 9.17) is 21.8 Å². The van der Waals surface area contributed by atoms with Crippen LogP contribution in [0.5, 0.6) is 0 Å². The summed E-state index contributed by atoms with van der Waals surface area (Å²) in [5, 5.41) is 3.37. The molecule has 112 valence electrons. The van der Waals surface area contributed by atoms with Gasteiger partial charge in [-0.25, -0.2) is 0 Å². The Morgan fingerprint density at radius 3 is 2.50 bits per heavy atom. The van der Waals surface area contributed by atoms with Crippen LogP contribution in [0.25, 0.3) is 0 Å². The molecule has 2 atom stereocenters. The Morgan fingerprint density at radius 1 is 1.30 bits per heavy atom. The maximum atomic E-state index is 12.1. The predicted octanol–water partition coefficient (Wildman–Crippen LogP) is 2.99. The van der Waals surface area contributed by atoms with Gasteiger partial charge in [-0.15, -0.1) is 12.4 Å². The van der Waals surface area contributed by atoms with Crippen molar-refractivity contribution in [3.8, 4) is 0 Å². The van der Waals surface area contributed by atoms with Crippen molar-refractivity contribution >= 4 is 29.9 Å². The van der Waals surface area contributed by atoms with Gasteiger partial charge in [0.25, 0.3) is 5.91 Å². The maximum absolute atomic E-state index is 12.1. The molecule has 3 rings (SSSR count). The minimum Gasteiger partial charge on any atom is -0.440 e. The lowest BCUT2D eigenvalue weighted by Crippen LogP contribution is -2.53. The number of nitrogens with two attached hydrogens (primary N) is 1. The van der Waals surface area contributed by atoms with Crippen molar-refractivity contribution in [1.82, 2.24) is 5.32 Å². The van der Waals surface area contributed by atoms with Crippen molar-refractivity contribution in [2.75, 3.05) is 0 Å². The van der Waals surface area contributed by atoms with Crippen LogP contribution in [0.3, 0.4) is 0 Å². The van der Waals surface area contributed by atoms with Gasteiger partial charge in [0.2, 0.25) is 0 Å². The van der Waals surface area contributed by atoms with Crippen molar-refractivity contribution in [2.24, 2.45) is 17.6 Å². The number of fused-ring (bicyclic) bond motifs is 2. The standard InChI is InChI=1S/C14H19ClN2O2.ClH/c15-12-5-4-11(19-12)14(18)17-13-8-2-1-3-9(13)7-10(16)6-8;/h4-5,8-10,13H,1-3,6-7,16H2,(H,17,18);1H. The third-order valence-electron chi connectivity index (χ3n) is 4.47. The second-order valence-corrected chi connectivity index (χ2v) is 6.16. The fraction of sp³-hybridized carbons (Fsp3) is 0.643. The number of nitrogens with one attached hydrogen (secondary N) is 1. The van der Waals surface area contributed by atoms with E-state index in [-0.39, 0.29) is 35.3 Å². The molecule has 6 heteroatoms. The van der Waals surface area contributed by atoms with Crippen LogP contribution in [-0.4, -0.2) is 18.0 Å². The maximum Gasteiger partial charge on any atom is 0.287 e. The summed E-state index contributed by atoms with van der Waals surface area (Å²) in [7, 11) is 0. The second kappa shape index (κ2) is 6.37. The lowest BCUT2D eigenvalue weighted by atomic mass is 9.67. The van der Waals surface area contributed by atoms with Gasteiger partial charge >= 0.3 is 0 Å². The molecule has 1 aromatic heterocycles. The highest BCUT2D eigenvalue weighted by Crippen LogP contribution is 2.39. The minimum absolute atomic E-state index is 0. The molecule has 0 aromatic carbocycles. The van der Waals surface area contributed by atoms with Crippen molar-refractivity contribution in [2.45, 2.75) is 44.2 Å². The van der Waals surface area contributed by atoms with E-state index in [9.17, 15) is 4.79 Å². The van der Waals surface area contributed by atoms with Gasteiger partial charge in [-0.3, -0.25) is 4.79 Å². The molecule has 0 saturated heterocycles. The zero-order valence-electron chi connectivity index (χ0n) is 11.2. The molecule has 2 saturated carbocycles. The van der Waals surface area contributed by atoms with Crippen LogP contribution in [-0.2, 0) is 0 Å². The van der Waals surface area contributed by atoms with Crippen molar-refractivity contribution in [1.29, 1.82) is 0 Å². The van der Waals surface area contributed by atoms with Gasteiger partial charge in [0.05, 0.1) is 0 Å². The SMILES string of the molecule is Cl.NC1CC2CCCC(C1)C2NC(=O)c1ccc(Cl)o1. The molecule has 1 amide bonds. The van der Waals surface area contributed by atoms with E-state index in [1.54, 1.807) is 12.1 Å². The fourth-order valence-electron chi connectivity index (χ4n) is 3.68. The van der Waals surface area contributed by atoms with Gasteiger partial charge in [0, 0.05) is 12.1 Å². The highest BCUT2D eigenvalue weighted by Gasteiger charge is 2.40. The molecule has 0 radical (unpaired) electrons. The summed E-state index contributed by atoms with van der Waals surface area (Å²) < 4.78 is 5.16. The van der Waals surface area contributed by atoms with Crippen LogP contribution in [0.4, 0.5) is 0 Å². The van der Waals surface area contributed by atoms with Gasteiger partial charge < -0.3 is 15.5 Å². The minimum atomic E-state index is -0.163. The van der Waals surface area contributed by atoms with E-state index in [1.807, 2.05) is 0 Å². The first kappa shape index (κ1) is 15.7. The smallest absolute Gasteiger partial charge is 0.287 e. The number of hydrogen-bond donors (Lipinski definition) is 2. The summed E-state index contributed by atoms with van der Waals surface area (Å²) in [4.78, 5) is 12.1. The summed E-state index contributed by atoms with van der Waals surface area (Å²) in [5.74, 6) is 1.15. The van der Waals surface area contributed by atoms with Gasteiger partial charge in [-0.2, -0.15) is 0 Å². The Hall–Kier alpha value is -0.710. The number of rotatable bonds is 2. The summed E-state index contributed by atoms with van der Waals surface area (Å²) in [6.07, 6.45) is 5.60. The number of amides is 1. The fourth-order valence-corrected chi connectivity index (χ4v) is 3.83. The highest BCUT2D eigenvalue weighted by molar-refractivity contribution is 6.29. The van der Waals surface area contributed by atoms with Crippen LogP contribution in [0.15, 0.2) is 16.5 Å². The number of carbonyl (C=O) groups excluding carboxylic acids is 1. The first-order valence-corrected chi connectivity index (χ1v) is 7.33. The zero-order chi connectivity index (χ0) is 13.4. The van der Waals surface area contributed by atoms with E-state index in [0.29, 0.717) is 17.9 Å². The molecule has 4 nitrogen and oxygen atoms in total. The van der Waals surface area contributed by atoms with Crippen molar-refractivity contribution in [3.05, 3.63) is 23.1 Å². The molecule has 20 heavy (non-hydrogen) atoms. The Morgan fingerprint density at radius 2 is 1.95 bits per heavy atom. The second-order valence-electron chi connectivity index (χ2n) is 5.79. The largest absolute Gasteiger partial charge is 0.440 e. The van der Waals surface area contributed by atoms with Gasteiger partial charge in [-0.1, -0.05) is 6.42 Å². The third kappa shape index (κ3) is 3.13. The first-order chi connectivity index (χ1) is 9.13. The zero-order valence-corrected chi connectivity index (χ0v) is 12.8. The molecule has 2 fully saturated rings. The molecule has 2 bridgehead atoms. The summed E-state index contributed by atoms with van der Waals surface area (Å²) in [6.45, 7) is 0. The van der Waals surface area contributed by atoms with Crippen molar-refractivity contribution in [3.63, 3.8) is 0 Å². The molecule has 0 spiro atoms. The first-order valence-electron chi connectivity index (χ1n) is 6.95. The molecule has 0 aliphatic heterocycles. The topological polar surface area (TPSA) is 68.3 Å². The molecular weight excluding hydrogens is 299 g/mol. The van der Waals surface area contributed by atoms with E-state index in [2.05, 4.69) is 5.32 Å². The molecule has 3 N–H and O–H groups in total. The van der Waals surface area contributed by atoms with E-state index in [0.717, 1.165) is 25.7 Å². The van der Waals surface area contributed by atoms with E-state index in [1.165, 1.54) is 6.42 Å². The Labute approximate surface area is 129 Å². The van der Waals surface area contributed by atoms with Gasteiger partial charge in [-0.05, 0) is 61.3 Å². The number of hydrogen-bond acceptors (Lipinski definition) is 3.